The van der Waals surface area contributed by atoms with Crippen LogP contribution in [0.4, 0.5) is 5.69 Å². The molecule has 1 aromatic rings. The minimum absolute atomic E-state index is 0.0245. The highest BCUT2D eigenvalue weighted by Crippen LogP contribution is 2.29. The van der Waals surface area contributed by atoms with E-state index in [2.05, 4.69) is 10.6 Å². The van der Waals surface area contributed by atoms with Gasteiger partial charge in [0.1, 0.15) is 0 Å². The van der Waals surface area contributed by atoms with E-state index < -0.39 is 9.84 Å². The van der Waals surface area contributed by atoms with Crippen LogP contribution in [0.15, 0.2) is 18.2 Å². The number of benzene rings is 1. The highest BCUT2D eigenvalue weighted by atomic mass is 35.5. The lowest BCUT2D eigenvalue weighted by Crippen LogP contribution is -3.11. The lowest BCUT2D eigenvalue weighted by molar-refractivity contribution is -0.862. The van der Waals surface area contributed by atoms with Crippen LogP contribution in [0.5, 0.6) is 0 Å². The number of rotatable bonds is 6. The highest BCUT2D eigenvalue weighted by Gasteiger charge is 2.29. The molecule has 1 aliphatic heterocycles. The van der Waals surface area contributed by atoms with Gasteiger partial charge in [-0.05, 0) is 18.6 Å². The number of hydrogen-bond acceptors (Lipinski definition) is 4. The van der Waals surface area contributed by atoms with Gasteiger partial charge in [0, 0.05) is 6.04 Å². The largest absolute Gasteiger partial charge is 0.347 e. The molecule has 25 heavy (non-hydrogen) atoms. The first-order valence-electron chi connectivity index (χ1n) is 7.71. The Morgan fingerprint density at radius 1 is 1.20 bits per heavy atom. The second-order valence-corrected chi connectivity index (χ2v) is 9.17. The Balaban J connectivity index is 1.80. The van der Waals surface area contributed by atoms with E-state index in [9.17, 15) is 18.0 Å². The summed E-state index contributed by atoms with van der Waals surface area (Å²) in [5.74, 6) is -0.544. The molecule has 1 fully saturated rings. The first-order chi connectivity index (χ1) is 11.7. The van der Waals surface area contributed by atoms with Crippen molar-refractivity contribution in [3.05, 3.63) is 28.2 Å². The van der Waals surface area contributed by atoms with E-state index >= 15 is 0 Å². The van der Waals surface area contributed by atoms with Crippen LogP contribution in [-0.4, -0.2) is 57.9 Å². The number of para-hydroxylation sites is 1. The number of quaternary nitrogens is 1. The van der Waals surface area contributed by atoms with E-state index in [-0.39, 0.29) is 42.5 Å². The van der Waals surface area contributed by atoms with E-state index in [0.717, 1.165) is 0 Å². The van der Waals surface area contributed by atoms with E-state index in [1.165, 1.54) is 0 Å². The Morgan fingerprint density at radius 2 is 1.80 bits per heavy atom. The molecule has 10 heteroatoms. The molecule has 138 valence electrons. The molecule has 7 nitrogen and oxygen atoms in total. The molecule has 1 saturated heterocycles. The van der Waals surface area contributed by atoms with Gasteiger partial charge in [-0.3, -0.25) is 9.59 Å². The summed E-state index contributed by atoms with van der Waals surface area (Å²) >= 11 is 12.0. The quantitative estimate of drug-likeness (QED) is 0.604. The lowest BCUT2D eigenvalue weighted by Gasteiger charge is -2.16. The number of anilines is 1. The molecule has 1 aromatic carbocycles. The summed E-state index contributed by atoms with van der Waals surface area (Å²) in [5, 5.41) is 5.99. The van der Waals surface area contributed by atoms with Crippen molar-refractivity contribution in [2.45, 2.75) is 12.5 Å². The molecule has 2 rings (SSSR count). The van der Waals surface area contributed by atoms with Crippen molar-refractivity contribution in [1.82, 2.24) is 5.32 Å². The van der Waals surface area contributed by atoms with Crippen LogP contribution in [0, 0.1) is 0 Å². The Kier molecular flexibility index (Phi) is 6.67. The number of halogens is 2. The topological polar surface area (TPSA) is 96.8 Å². The van der Waals surface area contributed by atoms with Gasteiger partial charge < -0.3 is 15.5 Å². The molecule has 0 bridgehead atoms. The average molecular weight is 409 g/mol. The second kappa shape index (κ2) is 8.35. The molecule has 2 amide bonds. The van der Waals surface area contributed by atoms with Crippen LogP contribution in [-0.2, 0) is 19.4 Å². The van der Waals surface area contributed by atoms with Crippen molar-refractivity contribution in [2.75, 3.05) is 37.0 Å². The van der Waals surface area contributed by atoms with E-state index in [1.54, 1.807) is 25.2 Å². The molecule has 0 aliphatic carbocycles. The predicted octanol–water partition coefficient (Wildman–Crippen LogP) is -0.250. The fourth-order valence-electron chi connectivity index (χ4n) is 2.60. The maximum absolute atomic E-state index is 12.1. The summed E-state index contributed by atoms with van der Waals surface area (Å²) in [5.41, 5.74) is 0.337. The summed E-state index contributed by atoms with van der Waals surface area (Å²) in [6.45, 7) is 0.0954. The second-order valence-electron chi connectivity index (χ2n) is 6.12. The molecule has 1 heterocycles. The highest BCUT2D eigenvalue weighted by molar-refractivity contribution is 7.91. The van der Waals surface area contributed by atoms with Crippen LogP contribution < -0.4 is 15.5 Å². The van der Waals surface area contributed by atoms with Gasteiger partial charge in [-0.1, -0.05) is 29.3 Å². The maximum Gasteiger partial charge on any atom is 0.279 e. The van der Waals surface area contributed by atoms with Gasteiger partial charge in [0.25, 0.3) is 11.8 Å². The molecular weight excluding hydrogens is 389 g/mol. The van der Waals surface area contributed by atoms with Gasteiger partial charge in [-0.2, -0.15) is 0 Å². The first-order valence-corrected chi connectivity index (χ1v) is 10.3. The molecule has 1 unspecified atom stereocenters. The van der Waals surface area contributed by atoms with Crippen LogP contribution >= 0.6 is 23.2 Å². The van der Waals surface area contributed by atoms with Gasteiger partial charge in [-0.25, -0.2) is 8.42 Å². The molecule has 3 N–H and O–H groups in total. The maximum atomic E-state index is 12.1. The SMILES string of the molecule is C[NH+](CC(=O)Nc1c(Cl)cccc1Cl)CC(=O)N[C@@H]1CCS(=O)(=O)C1. The molecular formula is C15H20Cl2N3O4S+. The molecule has 0 aromatic heterocycles. The van der Waals surface area contributed by atoms with Crippen molar-refractivity contribution in [3.63, 3.8) is 0 Å². The lowest BCUT2D eigenvalue weighted by atomic mass is 10.2. The van der Waals surface area contributed by atoms with Crippen molar-refractivity contribution in [2.24, 2.45) is 0 Å². The fraction of sp³-hybridized carbons (Fsp3) is 0.467. The number of nitrogens with one attached hydrogen (secondary N) is 3. The number of carbonyl (C=O) groups is 2. The number of carbonyl (C=O) groups excluding carboxylic acids is 2. The molecule has 1 aliphatic rings. The summed E-state index contributed by atoms with van der Waals surface area (Å²) in [7, 11) is -1.35. The van der Waals surface area contributed by atoms with Crippen LogP contribution in [0.25, 0.3) is 0 Å². The zero-order chi connectivity index (χ0) is 18.6. The summed E-state index contributed by atoms with van der Waals surface area (Å²) in [4.78, 5) is 24.7. The third-order valence-electron chi connectivity index (χ3n) is 3.75. The normalized spacial score (nSPS) is 20.0. The van der Waals surface area contributed by atoms with Crippen LogP contribution in [0.1, 0.15) is 6.42 Å². The van der Waals surface area contributed by atoms with E-state index in [1.807, 2.05) is 0 Å². The summed E-state index contributed by atoms with van der Waals surface area (Å²) in [6, 6.07) is 4.55. The summed E-state index contributed by atoms with van der Waals surface area (Å²) in [6.07, 6.45) is 0.429. The number of sulfone groups is 1. The smallest absolute Gasteiger partial charge is 0.279 e. The molecule has 2 atom stereocenters. The fourth-order valence-corrected chi connectivity index (χ4v) is 4.76. The van der Waals surface area contributed by atoms with E-state index in [4.69, 9.17) is 23.2 Å². The average Bonchev–Trinajstić information content (AvgIpc) is 2.81. The minimum atomic E-state index is -3.04. The van der Waals surface area contributed by atoms with Crippen molar-refractivity contribution in [1.29, 1.82) is 0 Å². The minimum Gasteiger partial charge on any atom is -0.347 e. The molecule has 0 saturated carbocycles. The Hall–Kier alpha value is -1.35. The summed E-state index contributed by atoms with van der Waals surface area (Å²) < 4.78 is 22.8. The van der Waals surface area contributed by atoms with Gasteiger partial charge >= 0.3 is 0 Å². The Labute approximate surface area is 156 Å². The monoisotopic (exact) mass is 408 g/mol. The van der Waals surface area contributed by atoms with Crippen LogP contribution in [0.3, 0.4) is 0 Å². The number of amides is 2. The van der Waals surface area contributed by atoms with E-state index in [0.29, 0.717) is 27.1 Å². The van der Waals surface area contributed by atoms with Gasteiger partial charge in [-0.15, -0.1) is 0 Å². The third kappa shape index (κ3) is 6.14. The Morgan fingerprint density at radius 3 is 2.36 bits per heavy atom. The van der Waals surface area contributed by atoms with Crippen molar-refractivity contribution < 1.29 is 22.9 Å². The van der Waals surface area contributed by atoms with Crippen molar-refractivity contribution in [3.8, 4) is 0 Å². The van der Waals surface area contributed by atoms with Gasteiger partial charge in [0.2, 0.25) is 0 Å². The van der Waals surface area contributed by atoms with Gasteiger partial charge in [0.15, 0.2) is 22.9 Å². The number of likely N-dealkylation sites (N-methyl/N-ethyl adjacent to an activating group) is 1. The zero-order valence-electron chi connectivity index (χ0n) is 13.6. The Bertz CT molecular complexity index is 750. The number of hydrogen-bond donors (Lipinski definition) is 3. The van der Waals surface area contributed by atoms with Crippen molar-refractivity contribution >= 4 is 50.5 Å². The standard InChI is InChI=1S/C15H19Cl2N3O4S/c1-20(7-13(21)18-10-5-6-25(23,24)9-10)8-14(22)19-15-11(16)3-2-4-12(15)17/h2-4,10H,5-9H2,1H3,(H,18,21)(H,19,22)/p+1/t10-/m1/s1. The first kappa shape index (κ1) is 20.0. The van der Waals surface area contributed by atoms with Crippen LogP contribution in [0.2, 0.25) is 10.0 Å². The predicted molar refractivity (Wildman–Crippen MR) is 96.9 cm³/mol. The zero-order valence-corrected chi connectivity index (χ0v) is 16.0. The third-order valence-corrected chi connectivity index (χ3v) is 6.15. The molecule has 0 radical (unpaired) electrons. The molecule has 0 spiro atoms. The van der Waals surface area contributed by atoms with Gasteiger partial charge in [0.05, 0.1) is 34.3 Å².